The molecule has 0 aromatic heterocycles. The van der Waals surface area contributed by atoms with Crippen molar-refractivity contribution in [3.05, 3.63) is 60.8 Å². The second-order valence-electron chi connectivity index (χ2n) is 19.3. The molecule has 1 fully saturated rings. The van der Waals surface area contributed by atoms with Crippen LogP contribution in [-0.4, -0.2) is 99.6 Å². The van der Waals surface area contributed by atoms with Gasteiger partial charge in [0.1, 0.15) is 24.4 Å². The number of esters is 1. The standard InChI is InChI=1S/C58H103NO10/c1-4-7-10-13-16-19-22-24-25-26-27-29-31-34-37-40-43-46-53(63)69-56-55(65)54(64)52(47-60)68-58(56)67-48-49(50(61)44-41-38-35-33-30-28-23-20-17-14-11-8-5-2)59-57(66)51(62)45-42-39-36-32-21-18-15-12-9-6-3/h16,19,24-25,27,29,34,37,41,44,49-52,54-56,58,60-62,64-65H,4-15,17-18,20-23,26,28,30-33,35-36,38-40,42-43,45-48H2,1-3H3,(H,59,66)/b19-16-,25-24-,29-27-,37-34-,44-41+. The molecule has 1 heterocycles. The van der Waals surface area contributed by atoms with E-state index in [-0.39, 0.29) is 19.4 Å². The number of carbonyl (C=O) groups excluding carboxylic acids is 2. The van der Waals surface area contributed by atoms with Crippen molar-refractivity contribution in [1.29, 1.82) is 0 Å². The summed E-state index contributed by atoms with van der Waals surface area (Å²) in [5, 5.41) is 56.7. The summed E-state index contributed by atoms with van der Waals surface area (Å²) in [7, 11) is 0. The van der Waals surface area contributed by atoms with Gasteiger partial charge in [0, 0.05) is 6.42 Å². The maximum atomic E-state index is 13.3. The lowest BCUT2D eigenvalue weighted by atomic mass is 9.99. The van der Waals surface area contributed by atoms with Gasteiger partial charge in [-0.2, -0.15) is 0 Å². The first kappa shape index (κ1) is 64.4. The van der Waals surface area contributed by atoms with Gasteiger partial charge in [0.15, 0.2) is 12.4 Å². The van der Waals surface area contributed by atoms with Crippen molar-refractivity contribution >= 4 is 11.9 Å². The van der Waals surface area contributed by atoms with Crippen molar-refractivity contribution in [2.45, 2.75) is 282 Å². The number of carbonyl (C=O) groups is 2. The molecular weight excluding hydrogens is 871 g/mol. The summed E-state index contributed by atoms with van der Waals surface area (Å²) in [6, 6.07) is -1.03. The summed E-state index contributed by atoms with van der Waals surface area (Å²) in [4.78, 5) is 26.4. The van der Waals surface area contributed by atoms with Crippen molar-refractivity contribution in [2.24, 2.45) is 0 Å². The zero-order chi connectivity index (χ0) is 50.4. The van der Waals surface area contributed by atoms with Crippen molar-refractivity contribution in [3.8, 4) is 0 Å². The second kappa shape index (κ2) is 46.4. The highest BCUT2D eigenvalue weighted by Crippen LogP contribution is 2.26. The van der Waals surface area contributed by atoms with Crippen LogP contribution in [0.2, 0.25) is 0 Å². The van der Waals surface area contributed by atoms with Gasteiger partial charge in [0.2, 0.25) is 5.91 Å². The smallest absolute Gasteiger partial charge is 0.306 e. The molecule has 69 heavy (non-hydrogen) atoms. The van der Waals surface area contributed by atoms with Crippen LogP contribution in [0.15, 0.2) is 60.8 Å². The third kappa shape index (κ3) is 35.2. The van der Waals surface area contributed by atoms with Crippen molar-refractivity contribution in [3.63, 3.8) is 0 Å². The lowest BCUT2D eigenvalue weighted by Gasteiger charge is -2.41. The van der Waals surface area contributed by atoms with E-state index >= 15 is 0 Å². The Morgan fingerprint density at radius 3 is 1.52 bits per heavy atom. The molecule has 0 aromatic rings. The fourth-order valence-corrected chi connectivity index (χ4v) is 8.41. The zero-order valence-corrected chi connectivity index (χ0v) is 43.9. The fraction of sp³-hybridized carbons (Fsp3) is 0.793. The molecule has 1 aliphatic rings. The number of allylic oxidation sites excluding steroid dienone is 9. The van der Waals surface area contributed by atoms with Gasteiger partial charge in [-0.15, -0.1) is 0 Å². The number of amides is 1. The van der Waals surface area contributed by atoms with Crippen molar-refractivity contribution < 1.29 is 49.3 Å². The van der Waals surface area contributed by atoms with Gasteiger partial charge >= 0.3 is 5.97 Å². The summed E-state index contributed by atoms with van der Waals surface area (Å²) in [5.41, 5.74) is 0. The molecule has 1 aliphatic heterocycles. The predicted octanol–water partition coefficient (Wildman–Crippen LogP) is 12.3. The Kier molecular flexibility index (Phi) is 43.3. The summed E-state index contributed by atoms with van der Waals surface area (Å²) in [5.74, 6) is -1.25. The first-order chi connectivity index (χ1) is 33.7. The maximum Gasteiger partial charge on any atom is 0.306 e. The van der Waals surface area contributed by atoms with Gasteiger partial charge in [0.05, 0.1) is 25.4 Å². The normalized spacial score (nSPS) is 20.3. The Morgan fingerprint density at radius 2 is 1.00 bits per heavy atom. The van der Waals surface area contributed by atoms with Crippen LogP contribution in [0.4, 0.5) is 0 Å². The first-order valence-corrected chi connectivity index (χ1v) is 28.1. The van der Waals surface area contributed by atoms with Crippen LogP contribution in [0.5, 0.6) is 0 Å². The molecule has 0 aromatic carbocycles. The fourth-order valence-electron chi connectivity index (χ4n) is 8.41. The van der Waals surface area contributed by atoms with E-state index in [4.69, 9.17) is 14.2 Å². The van der Waals surface area contributed by atoms with E-state index in [0.29, 0.717) is 19.3 Å². The van der Waals surface area contributed by atoms with Crippen molar-refractivity contribution in [2.75, 3.05) is 13.2 Å². The van der Waals surface area contributed by atoms with E-state index in [1.165, 1.54) is 116 Å². The largest absolute Gasteiger partial charge is 0.454 e. The molecule has 11 nitrogen and oxygen atoms in total. The number of unbranched alkanes of at least 4 members (excludes halogenated alkanes) is 24. The number of nitrogens with one attached hydrogen (secondary N) is 1. The van der Waals surface area contributed by atoms with Gasteiger partial charge in [-0.3, -0.25) is 9.59 Å². The molecule has 0 bridgehead atoms. The monoisotopic (exact) mass is 974 g/mol. The van der Waals surface area contributed by atoms with Crippen LogP contribution in [0, 0.1) is 0 Å². The molecule has 0 aliphatic carbocycles. The van der Waals surface area contributed by atoms with E-state index in [1.54, 1.807) is 6.08 Å². The highest BCUT2D eigenvalue weighted by atomic mass is 16.7. The molecule has 1 amide bonds. The molecular formula is C58H103NO10. The summed E-state index contributed by atoms with van der Waals surface area (Å²) >= 11 is 0. The highest BCUT2D eigenvalue weighted by Gasteiger charge is 2.47. The number of aliphatic hydroxyl groups excluding tert-OH is 5. The molecule has 0 radical (unpaired) electrons. The third-order valence-corrected chi connectivity index (χ3v) is 12.9. The van der Waals surface area contributed by atoms with Crippen LogP contribution in [-0.2, 0) is 23.8 Å². The number of hydrogen-bond acceptors (Lipinski definition) is 10. The number of rotatable bonds is 46. The van der Waals surface area contributed by atoms with Crippen LogP contribution in [0.25, 0.3) is 0 Å². The molecule has 1 saturated heterocycles. The minimum absolute atomic E-state index is 0.0474. The number of hydrogen-bond donors (Lipinski definition) is 6. The molecule has 1 rings (SSSR count). The quantitative estimate of drug-likeness (QED) is 0.0196. The van der Waals surface area contributed by atoms with Gasteiger partial charge < -0.3 is 45.1 Å². The first-order valence-electron chi connectivity index (χ1n) is 28.1. The average Bonchev–Trinajstić information content (AvgIpc) is 3.34. The topological polar surface area (TPSA) is 175 Å². The van der Waals surface area contributed by atoms with Crippen LogP contribution in [0.3, 0.4) is 0 Å². The van der Waals surface area contributed by atoms with Crippen LogP contribution < -0.4 is 5.32 Å². The Morgan fingerprint density at radius 1 is 0.565 bits per heavy atom. The van der Waals surface area contributed by atoms with Crippen LogP contribution >= 0.6 is 0 Å². The molecule has 400 valence electrons. The molecule has 0 spiro atoms. The van der Waals surface area contributed by atoms with E-state index in [1.807, 2.05) is 18.2 Å². The van der Waals surface area contributed by atoms with Gasteiger partial charge in [-0.05, 0) is 64.2 Å². The molecule has 6 N–H and O–H groups in total. The van der Waals surface area contributed by atoms with E-state index < -0.39 is 67.4 Å². The SMILES string of the molecule is CCCCC/C=C\C/C=C\C/C=C\C/C=C\CCCC(=O)OC1C(OCC(NC(=O)C(O)CCCCCCCCCCCC)C(O)/C=C/CCCCCCCCCCCCC)OC(CO)C(O)C1O. The zero-order valence-electron chi connectivity index (χ0n) is 43.9. The Balaban J connectivity index is 2.78. The Labute approximate surface area is 420 Å². The lowest BCUT2D eigenvalue weighted by Crippen LogP contribution is -2.61. The Bertz CT molecular complexity index is 1350. The minimum atomic E-state index is -1.63. The summed E-state index contributed by atoms with van der Waals surface area (Å²) < 4.78 is 17.5. The van der Waals surface area contributed by atoms with Gasteiger partial charge in [-0.1, -0.05) is 223 Å². The number of aliphatic hydroxyl groups is 5. The third-order valence-electron chi connectivity index (χ3n) is 12.9. The highest BCUT2D eigenvalue weighted by molar-refractivity contribution is 5.80. The second-order valence-corrected chi connectivity index (χ2v) is 19.3. The molecule has 8 unspecified atom stereocenters. The Hall–Kier alpha value is -2.64. The number of ether oxygens (including phenoxy) is 3. The van der Waals surface area contributed by atoms with E-state index in [0.717, 1.165) is 64.2 Å². The van der Waals surface area contributed by atoms with Crippen molar-refractivity contribution in [1.82, 2.24) is 5.32 Å². The molecule has 0 saturated carbocycles. The van der Waals surface area contributed by atoms with Crippen LogP contribution in [0.1, 0.15) is 233 Å². The van der Waals surface area contributed by atoms with Gasteiger partial charge in [-0.25, -0.2) is 0 Å². The van der Waals surface area contributed by atoms with E-state index in [2.05, 4.69) is 62.5 Å². The lowest BCUT2D eigenvalue weighted by molar-refractivity contribution is -0.305. The van der Waals surface area contributed by atoms with Gasteiger partial charge in [0.25, 0.3) is 0 Å². The van der Waals surface area contributed by atoms with E-state index in [9.17, 15) is 35.1 Å². The average molecular weight is 974 g/mol. The molecule has 8 atom stereocenters. The minimum Gasteiger partial charge on any atom is -0.454 e. The predicted molar refractivity (Wildman–Crippen MR) is 283 cm³/mol. The summed E-state index contributed by atoms with van der Waals surface area (Å²) in [6.07, 6.45) is 45.6. The molecule has 11 heteroatoms. The summed E-state index contributed by atoms with van der Waals surface area (Å²) in [6.45, 7) is 5.70. The maximum absolute atomic E-state index is 13.3.